The van der Waals surface area contributed by atoms with Crippen LogP contribution >= 0.6 is 11.5 Å². The first-order chi connectivity index (χ1) is 6.24. The number of esters is 1. The van der Waals surface area contributed by atoms with Crippen molar-refractivity contribution in [2.75, 3.05) is 6.61 Å². The normalized spacial score (nSPS) is 12.5. The monoisotopic (exact) mass is 201 g/mol. The summed E-state index contributed by atoms with van der Waals surface area (Å²) < 4.78 is 8.41. The van der Waals surface area contributed by atoms with Crippen molar-refractivity contribution in [1.29, 1.82) is 0 Å². The van der Waals surface area contributed by atoms with Crippen LogP contribution in [0.5, 0.6) is 0 Å². The molecule has 1 rings (SSSR count). The highest BCUT2D eigenvalue weighted by Gasteiger charge is 2.15. The summed E-state index contributed by atoms with van der Waals surface area (Å²) in [6.45, 7) is 2.09. The van der Waals surface area contributed by atoms with Crippen molar-refractivity contribution in [3.8, 4) is 0 Å². The zero-order valence-electron chi connectivity index (χ0n) is 7.27. The number of nitrogens with zero attached hydrogens (tertiary/aromatic N) is 2. The lowest BCUT2D eigenvalue weighted by Gasteiger charge is -2.07. The maximum atomic E-state index is 11.1. The molecule has 0 fully saturated rings. The lowest BCUT2D eigenvalue weighted by atomic mass is 10.2. The summed E-state index contributed by atoms with van der Waals surface area (Å²) in [5, 5.41) is 5.54. The third-order valence-electron chi connectivity index (χ3n) is 1.42. The summed E-state index contributed by atoms with van der Waals surface area (Å²) in [4.78, 5) is 11.1. The van der Waals surface area contributed by atoms with Gasteiger partial charge in [0.1, 0.15) is 6.04 Å². The fraction of sp³-hybridized carbons (Fsp3) is 0.571. The SMILES string of the molecule is CCOC(=O)C(N)Cc1csnn1. The summed E-state index contributed by atoms with van der Waals surface area (Å²) in [6, 6.07) is -0.635. The van der Waals surface area contributed by atoms with Gasteiger partial charge in [-0.2, -0.15) is 0 Å². The zero-order valence-corrected chi connectivity index (χ0v) is 8.08. The molecule has 0 saturated heterocycles. The predicted molar refractivity (Wildman–Crippen MR) is 48.2 cm³/mol. The minimum absolute atomic E-state index is 0.349. The van der Waals surface area contributed by atoms with Gasteiger partial charge in [0.05, 0.1) is 12.3 Å². The Morgan fingerprint density at radius 2 is 2.62 bits per heavy atom. The molecule has 0 saturated carbocycles. The molecule has 0 aliphatic heterocycles. The Balaban J connectivity index is 2.41. The topological polar surface area (TPSA) is 78.1 Å². The van der Waals surface area contributed by atoms with E-state index < -0.39 is 12.0 Å². The van der Waals surface area contributed by atoms with Gasteiger partial charge in [-0.05, 0) is 18.5 Å². The minimum atomic E-state index is -0.635. The molecule has 6 heteroatoms. The number of carbonyl (C=O) groups is 1. The van der Waals surface area contributed by atoms with E-state index in [1.54, 1.807) is 12.3 Å². The zero-order chi connectivity index (χ0) is 9.68. The Hall–Kier alpha value is -1.01. The fourth-order valence-corrected chi connectivity index (χ4v) is 1.30. The molecule has 0 amide bonds. The van der Waals surface area contributed by atoms with E-state index in [4.69, 9.17) is 10.5 Å². The molecule has 72 valence electrons. The van der Waals surface area contributed by atoms with Gasteiger partial charge in [0.2, 0.25) is 0 Å². The molecular weight excluding hydrogens is 190 g/mol. The second-order valence-electron chi connectivity index (χ2n) is 2.46. The molecule has 0 aliphatic carbocycles. The molecule has 2 N–H and O–H groups in total. The van der Waals surface area contributed by atoms with Crippen molar-refractivity contribution < 1.29 is 9.53 Å². The second-order valence-corrected chi connectivity index (χ2v) is 3.07. The quantitative estimate of drug-likeness (QED) is 0.692. The first-order valence-electron chi connectivity index (χ1n) is 3.92. The lowest BCUT2D eigenvalue weighted by molar-refractivity contribution is -0.144. The van der Waals surface area contributed by atoms with E-state index in [9.17, 15) is 4.79 Å². The van der Waals surface area contributed by atoms with Gasteiger partial charge in [-0.15, -0.1) is 5.10 Å². The van der Waals surface area contributed by atoms with Crippen LogP contribution in [0.3, 0.4) is 0 Å². The Labute approximate surface area is 80.1 Å². The van der Waals surface area contributed by atoms with Crippen molar-refractivity contribution in [3.63, 3.8) is 0 Å². The average molecular weight is 201 g/mol. The summed E-state index contributed by atoms with van der Waals surface area (Å²) in [5.41, 5.74) is 6.28. The number of aromatic nitrogens is 2. The Bertz CT molecular complexity index is 263. The van der Waals surface area contributed by atoms with Crippen molar-refractivity contribution in [2.45, 2.75) is 19.4 Å². The van der Waals surface area contributed by atoms with E-state index in [-0.39, 0.29) is 0 Å². The van der Waals surface area contributed by atoms with Gasteiger partial charge in [0.15, 0.2) is 0 Å². The van der Waals surface area contributed by atoms with Crippen LogP contribution < -0.4 is 5.73 Å². The van der Waals surface area contributed by atoms with Crippen molar-refractivity contribution in [1.82, 2.24) is 9.59 Å². The molecule has 5 nitrogen and oxygen atoms in total. The molecular formula is C7H11N3O2S. The Morgan fingerprint density at radius 3 is 3.15 bits per heavy atom. The van der Waals surface area contributed by atoms with Crippen LogP contribution in [0.25, 0.3) is 0 Å². The molecule has 1 atom stereocenters. The van der Waals surface area contributed by atoms with E-state index in [2.05, 4.69) is 9.59 Å². The molecule has 1 aromatic rings. The van der Waals surface area contributed by atoms with Gasteiger partial charge in [0, 0.05) is 11.8 Å². The third kappa shape index (κ3) is 3.08. The van der Waals surface area contributed by atoms with Crippen molar-refractivity contribution in [3.05, 3.63) is 11.1 Å². The summed E-state index contributed by atoms with van der Waals surface area (Å²) >= 11 is 1.24. The van der Waals surface area contributed by atoms with Gasteiger partial charge >= 0.3 is 5.97 Å². The Kier molecular flexibility index (Phi) is 3.78. The summed E-state index contributed by atoms with van der Waals surface area (Å²) in [5.74, 6) is -0.393. The van der Waals surface area contributed by atoms with Gasteiger partial charge in [-0.1, -0.05) is 4.49 Å². The van der Waals surface area contributed by atoms with Gasteiger partial charge in [0.25, 0.3) is 0 Å². The van der Waals surface area contributed by atoms with Crippen LogP contribution in [0, 0.1) is 0 Å². The molecule has 1 heterocycles. The molecule has 0 bridgehead atoms. The first-order valence-corrected chi connectivity index (χ1v) is 4.75. The summed E-state index contributed by atoms with van der Waals surface area (Å²) in [7, 11) is 0. The predicted octanol–water partition coefficient (Wildman–Crippen LogP) is -0.0290. The smallest absolute Gasteiger partial charge is 0.323 e. The molecule has 0 radical (unpaired) electrons. The van der Waals surface area contributed by atoms with Crippen LogP contribution in [0.15, 0.2) is 5.38 Å². The van der Waals surface area contributed by atoms with Gasteiger partial charge < -0.3 is 10.5 Å². The molecule has 0 spiro atoms. The number of hydrogen-bond acceptors (Lipinski definition) is 6. The van der Waals surface area contributed by atoms with E-state index in [0.717, 1.165) is 5.69 Å². The van der Waals surface area contributed by atoms with Crippen molar-refractivity contribution in [2.24, 2.45) is 5.73 Å². The molecule has 1 aromatic heterocycles. The molecule has 0 aliphatic rings. The van der Waals surface area contributed by atoms with Gasteiger partial charge in [-0.25, -0.2) is 0 Å². The molecule has 0 aromatic carbocycles. The maximum absolute atomic E-state index is 11.1. The van der Waals surface area contributed by atoms with E-state index >= 15 is 0 Å². The first kappa shape index (κ1) is 10.1. The van der Waals surface area contributed by atoms with E-state index in [1.165, 1.54) is 11.5 Å². The fourth-order valence-electron chi connectivity index (χ4n) is 0.831. The second kappa shape index (κ2) is 4.88. The highest BCUT2D eigenvalue weighted by atomic mass is 32.1. The van der Waals surface area contributed by atoms with Crippen LogP contribution in [-0.2, 0) is 16.0 Å². The lowest BCUT2D eigenvalue weighted by Crippen LogP contribution is -2.34. The van der Waals surface area contributed by atoms with Crippen LogP contribution in [0.2, 0.25) is 0 Å². The standard InChI is InChI=1S/C7H11N3O2S/c1-2-12-7(11)6(8)3-5-4-13-10-9-5/h4,6H,2-3,8H2,1H3. The van der Waals surface area contributed by atoms with Crippen molar-refractivity contribution >= 4 is 17.5 Å². The van der Waals surface area contributed by atoms with E-state index in [1.807, 2.05) is 0 Å². The largest absolute Gasteiger partial charge is 0.465 e. The van der Waals surface area contributed by atoms with Crippen LogP contribution in [0.4, 0.5) is 0 Å². The van der Waals surface area contributed by atoms with Crippen LogP contribution in [0.1, 0.15) is 12.6 Å². The molecule has 1 unspecified atom stereocenters. The Morgan fingerprint density at radius 1 is 1.85 bits per heavy atom. The number of carbonyl (C=O) groups excluding carboxylic acids is 1. The number of nitrogens with two attached hydrogens (primary N) is 1. The average Bonchev–Trinajstić information content (AvgIpc) is 2.57. The highest BCUT2D eigenvalue weighted by molar-refractivity contribution is 7.03. The number of ether oxygens (including phenoxy) is 1. The van der Waals surface area contributed by atoms with Crippen LogP contribution in [-0.4, -0.2) is 28.2 Å². The summed E-state index contributed by atoms with van der Waals surface area (Å²) in [6.07, 6.45) is 0.384. The molecule has 13 heavy (non-hydrogen) atoms. The van der Waals surface area contributed by atoms with Gasteiger partial charge in [-0.3, -0.25) is 4.79 Å². The number of hydrogen-bond donors (Lipinski definition) is 1. The maximum Gasteiger partial charge on any atom is 0.323 e. The minimum Gasteiger partial charge on any atom is -0.465 e. The highest BCUT2D eigenvalue weighted by Crippen LogP contribution is 2.01. The third-order valence-corrected chi connectivity index (χ3v) is 1.98. The number of rotatable bonds is 4. The van der Waals surface area contributed by atoms with E-state index in [0.29, 0.717) is 13.0 Å².